The zero-order valence-electron chi connectivity index (χ0n) is 17.7. The number of hydrogen-bond donors (Lipinski definition) is 2. The van der Waals surface area contributed by atoms with E-state index in [1.54, 1.807) is 13.0 Å². The van der Waals surface area contributed by atoms with Crippen molar-refractivity contribution in [2.45, 2.75) is 59.0 Å². The van der Waals surface area contributed by atoms with E-state index in [1.807, 2.05) is 13.8 Å². The molecule has 7 heteroatoms. The number of rotatable bonds is 3. The van der Waals surface area contributed by atoms with Crippen LogP contribution in [0, 0.1) is 34.5 Å². The Balaban J connectivity index is 1.73. The van der Waals surface area contributed by atoms with E-state index in [0.29, 0.717) is 19.3 Å². The molecule has 4 aliphatic carbocycles. The fraction of sp³-hybridized carbons (Fsp3) is 0.696. The highest BCUT2D eigenvalue weighted by molar-refractivity contribution is 6.02. The summed E-state index contributed by atoms with van der Waals surface area (Å²) in [5.74, 6) is -1.24. The predicted octanol–water partition coefficient (Wildman–Crippen LogP) is 3.47. The lowest BCUT2D eigenvalue weighted by Gasteiger charge is -2.59. The van der Waals surface area contributed by atoms with Crippen molar-refractivity contribution in [2.24, 2.45) is 34.5 Å². The molecule has 0 bridgehead atoms. The van der Waals surface area contributed by atoms with Crippen LogP contribution in [-0.2, 0) is 19.1 Å². The lowest BCUT2D eigenvalue weighted by molar-refractivity contribution is -0.157. The minimum absolute atomic E-state index is 0.0904. The molecule has 3 saturated carbocycles. The van der Waals surface area contributed by atoms with Crippen LogP contribution in [0.4, 0.5) is 4.79 Å². The fourth-order valence-electron chi connectivity index (χ4n) is 7.18. The van der Waals surface area contributed by atoms with Crippen molar-refractivity contribution in [1.29, 1.82) is 0 Å². The summed E-state index contributed by atoms with van der Waals surface area (Å²) in [5, 5.41) is 21.1. The minimum Gasteiger partial charge on any atom is -0.481 e. The molecule has 3 fully saturated rings. The highest BCUT2D eigenvalue weighted by Crippen LogP contribution is 2.67. The average Bonchev–Trinajstić information content (AvgIpc) is 2.99. The Labute approximate surface area is 176 Å². The number of carboxylic acids is 1. The fourth-order valence-corrected chi connectivity index (χ4v) is 7.18. The highest BCUT2D eigenvalue weighted by atomic mass is 16.7. The Hall–Kier alpha value is -2.15. The largest absolute Gasteiger partial charge is 0.513 e. The van der Waals surface area contributed by atoms with Gasteiger partial charge in [0, 0.05) is 12.0 Å². The number of aliphatic hydroxyl groups is 1. The van der Waals surface area contributed by atoms with Gasteiger partial charge in [0.05, 0.1) is 24.0 Å². The van der Waals surface area contributed by atoms with Crippen LogP contribution in [0.25, 0.3) is 0 Å². The zero-order valence-corrected chi connectivity index (χ0v) is 17.7. The zero-order chi connectivity index (χ0) is 21.8. The van der Waals surface area contributed by atoms with E-state index in [9.17, 15) is 24.6 Å². The summed E-state index contributed by atoms with van der Waals surface area (Å²) in [6.45, 7) is 5.77. The van der Waals surface area contributed by atoms with Crippen molar-refractivity contribution < 1.29 is 34.1 Å². The smallest absolute Gasteiger partial charge is 0.481 e. The number of carbonyl (C=O) groups excluding carboxylic acids is 2. The molecule has 2 N–H and O–H groups in total. The van der Waals surface area contributed by atoms with Gasteiger partial charge in [0.1, 0.15) is 5.76 Å². The van der Waals surface area contributed by atoms with Crippen LogP contribution < -0.4 is 0 Å². The van der Waals surface area contributed by atoms with Gasteiger partial charge in [-0.1, -0.05) is 12.5 Å². The van der Waals surface area contributed by atoms with Gasteiger partial charge in [0.15, 0.2) is 5.78 Å². The molecule has 0 aromatic heterocycles. The number of ketones is 1. The maximum Gasteiger partial charge on any atom is 0.513 e. The van der Waals surface area contributed by atoms with Crippen molar-refractivity contribution in [3.63, 3.8) is 0 Å². The first kappa shape index (κ1) is 21.1. The van der Waals surface area contributed by atoms with Crippen LogP contribution in [0.15, 0.2) is 23.5 Å². The topological polar surface area (TPSA) is 110 Å². The average molecular weight is 418 g/mol. The number of carboxylic acid groups (broad SMARTS) is 1. The normalized spacial score (nSPS) is 42.3. The molecule has 1 unspecified atom stereocenters. The van der Waals surface area contributed by atoms with Gasteiger partial charge in [-0.3, -0.25) is 9.59 Å². The van der Waals surface area contributed by atoms with E-state index in [0.717, 1.165) is 18.4 Å². The molecule has 0 amide bonds. The Morgan fingerprint density at radius 3 is 2.60 bits per heavy atom. The van der Waals surface area contributed by atoms with Crippen molar-refractivity contribution in [3.05, 3.63) is 23.5 Å². The number of fused-ring (bicyclic) bond motifs is 5. The first-order chi connectivity index (χ1) is 14.1. The van der Waals surface area contributed by atoms with E-state index >= 15 is 0 Å². The first-order valence-electron chi connectivity index (χ1n) is 10.9. The maximum absolute atomic E-state index is 12.3. The molecule has 4 aliphatic rings. The molecule has 30 heavy (non-hydrogen) atoms. The number of aliphatic hydroxyl groups excluding tert-OH is 1. The summed E-state index contributed by atoms with van der Waals surface area (Å²) in [4.78, 5) is 36.3. The molecule has 0 heterocycles. The highest BCUT2D eigenvalue weighted by Gasteiger charge is 2.64. The van der Waals surface area contributed by atoms with Crippen LogP contribution >= 0.6 is 0 Å². The Morgan fingerprint density at radius 2 is 1.93 bits per heavy atom. The van der Waals surface area contributed by atoms with Gasteiger partial charge >= 0.3 is 12.1 Å². The van der Waals surface area contributed by atoms with Gasteiger partial charge in [0.2, 0.25) is 0 Å². The first-order valence-corrected chi connectivity index (χ1v) is 10.9. The van der Waals surface area contributed by atoms with Crippen molar-refractivity contribution in [3.8, 4) is 0 Å². The Kier molecular flexibility index (Phi) is 5.08. The number of ether oxygens (including phenoxy) is 2. The molecule has 0 saturated heterocycles. The van der Waals surface area contributed by atoms with Crippen LogP contribution in [0.2, 0.25) is 0 Å². The Morgan fingerprint density at radius 1 is 1.20 bits per heavy atom. The lowest BCUT2D eigenvalue weighted by atomic mass is 9.46. The molecular formula is C23H30O7. The number of allylic oxidation sites excluding steroid dienone is 3. The van der Waals surface area contributed by atoms with E-state index in [4.69, 9.17) is 9.47 Å². The number of aliphatic carboxylic acids is 1. The monoisotopic (exact) mass is 418 g/mol. The van der Waals surface area contributed by atoms with Crippen LogP contribution in [0.1, 0.15) is 52.9 Å². The molecule has 7 nitrogen and oxygen atoms in total. The van der Waals surface area contributed by atoms with Gasteiger partial charge < -0.3 is 19.7 Å². The third-order valence-electron chi connectivity index (χ3n) is 8.39. The Bertz CT molecular complexity index is 842. The molecule has 0 spiro atoms. The summed E-state index contributed by atoms with van der Waals surface area (Å²) in [7, 11) is 0. The van der Waals surface area contributed by atoms with Gasteiger partial charge in [-0.2, -0.15) is 0 Å². The van der Waals surface area contributed by atoms with E-state index < -0.39 is 35.0 Å². The third kappa shape index (κ3) is 2.93. The molecule has 0 aliphatic heterocycles. The second-order valence-corrected chi connectivity index (χ2v) is 9.65. The molecule has 0 aromatic rings. The summed E-state index contributed by atoms with van der Waals surface area (Å²) in [6, 6.07) is 0. The molecule has 4 rings (SSSR count). The van der Waals surface area contributed by atoms with E-state index in [2.05, 4.69) is 0 Å². The predicted molar refractivity (Wildman–Crippen MR) is 106 cm³/mol. The second kappa shape index (κ2) is 7.22. The maximum atomic E-state index is 12.3. The number of carbonyl (C=O) groups is 3. The summed E-state index contributed by atoms with van der Waals surface area (Å²) in [5.41, 5.74) is -0.391. The van der Waals surface area contributed by atoms with Crippen LogP contribution in [0.3, 0.4) is 0 Å². The van der Waals surface area contributed by atoms with Gasteiger partial charge in [-0.05, 0) is 69.3 Å². The second-order valence-electron chi connectivity index (χ2n) is 9.65. The number of hydrogen-bond acceptors (Lipinski definition) is 6. The van der Waals surface area contributed by atoms with Crippen molar-refractivity contribution in [2.75, 3.05) is 6.61 Å². The van der Waals surface area contributed by atoms with Crippen molar-refractivity contribution in [1.82, 2.24) is 0 Å². The third-order valence-corrected chi connectivity index (χ3v) is 8.39. The van der Waals surface area contributed by atoms with Gasteiger partial charge in [-0.25, -0.2) is 4.79 Å². The van der Waals surface area contributed by atoms with Gasteiger partial charge in [-0.15, -0.1) is 0 Å². The standard InChI is InChI=1S/C23H30O7/c1-4-29-21(28)30-18-10-13(24)9-12-5-6-14-15-7-8-16(20(26)27)22(15,2)11-17(25)19(14)23(12,18)3/h9-10,14-17,19,25H,4-8,11H2,1-3H3,(H,26,27)/t14-,15-,16?,17-,19+,22-,23+/m0/s1. The lowest BCUT2D eigenvalue weighted by Crippen LogP contribution is -2.57. The van der Waals surface area contributed by atoms with Gasteiger partial charge in [0.25, 0.3) is 0 Å². The van der Waals surface area contributed by atoms with Crippen molar-refractivity contribution >= 4 is 17.9 Å². The molecular weight excluding hydrogens is 388 g/mol. The SMILES string of the molecule is CCOC(=O)OC1=CC(=O)C=C2CC[C@@H]3[C@H]([C@@H](O)C[C@]4(C)C(C(=O)O)CC[C@@H]34)[C@]21C. The van der Waals surface area contributed by atoms with Crippen LogP contribution in [-0.4, -0.2) is 40.8 Å². The molecule has 0 radical (unpaired) electrons. The molecule has 164 valence electrons. The summed E-state index contributed by atoms with van der Waals surface area (Å²) < 4.78 is 10.4. The summed E-state index contributed by atoms with van der Waals surface area (Å²) in [6.07, 6.45) is 4.58. The quantitative estimate of drug-likeness (QED) is 0.675. The van der Waals surface area contributed by atoms with E-state index in [-0.39, 0.29) is 35.9 Å². The van der Waals surface area contributed by atoms with Crippen LogP contribution in [0.5, 0.6) is 0 Å². The van der Waals surface area contributed by atoms with E-state index in [1.165, 1.54) is 6.08 Å². The summed E-state index contributed by atoms with van der Waals surface area (Å²) >= 11 is 0. The molecule has 7 atom stereocenters. The molecule has 0 aromatic carbocycles. The minimum atomic E-state index is -0.858.